The summed E-state index contributed by atoms with van der Waals surface area (Å²) in [5.41, 5.74) is 0.0843. The molecule has 4 rings (SSSR count). The van der Waals surface area contributed by atoms with Crippen molar-refractivity contribution in [1.82, 2.24) is 9.88 Å². The van der Waals surface area contributed by atoms with Crippen LogP contribution < -0.4 is 20.8 Å². The molecule has 3 aromatic rings. The number of benzene rings is 2. The van der Waals surface area contributed by atoms with E-state index in [4.69, 9.17) is 16.7 Å². The van der Waals surface area contributed by atoms with Gasteiger partial charge in [-0.05, 0) is 40.6 Å². The van der Waals surface area contributed by atoms with Crippen molar-refractivity contribution >= 4 is 34.7 Å². The average Bonchev–Trinajstić information content (AvgIpc) is 3.39. The van der Waals surface area contributed by atoms with Gasteiger partial charge in [-0.1, -0.05) is 35.1 Å². The second-order valence-electron chi connectivity index (χ2n) is 7.72. The second-order valence-corrected chi connectivity index (χ2v) is 9.12. The number of nitrogens with one attached hydrogen (secondary N) is 1. The molecule has 2 heterocycles. The molecule has 0 bridgehead atoms. The molecule has 1 aliphatic heterocycles. The first kappa shape index (κ1) is 25.1. The molecule has 0 amide bonds. The van der Waals surface area contributed by atoms with Gasteiger partial charge < -0.3 is 15.5 Å². The molecule has 0 fully saturated rings. The summed E-state index contributed by atoms with van der Waals surface area (Å²) in [5.74, 6) is -0.331. The lowest BCUT2D eigenvalue weighted by molar-refractivity contribution is -0.138. The molecule has 0 spiro atoms. The SMILES string of the molecule is O=c1sc(C(Cc2ccc(Cl)cc2C(F)(F)F)=c2ccc3c(c2)C=NN=3)c(O)n1CCNCCO. The Bertz CT molecular complexity index is 1460. The van der Waals surface area contributed by atoms with E-state index < -0.39 is 16.6 Å². The standard InChI is InChI=1S/C23H20ClF3N4O3S/c24-16-3-1-14(18(11-16)23(25,26)27)10-17(13-2-4-19-15(9-13)12-29-30-19)20-21(33)31(22(34)35-20)7-5-28-6-8-32/h1-4,9,11-12,28,32-33H,5-8,10H2. The quantitative estimate of drug-likeness (QED) is 0.394. The minimum atomic E-state index is -4.64. The Hall–Kier alpha value is -2.99. The van der Waals surface area contributed by atoms with Crippen LogP contribution in [0, 0.1) is 0 Å². The summed E-state index contributed by atoms with van der Waals surface area (Å²) in [4.78, 5) is 12.4. The number of fused-ring (bicyclic) bond motifs is 1. The Morgan fingerprint density at radius 1 is 1.17 bits per heavy atom. The van der Waals surface area contributed by atoms with Crippen LogP contribution in [0.5, 0.6) is 5.88 Å². The summed E-state index contributed by atoms with van der Waals surface area (Å²) in [6, 6.07) is 8.60. The summed E-state index contributed by atoms with van der Waals surface area (Å²) >= 11 is 6.60. The minimum absolute atomic E-state index is 0.0489. The van der Waals surface area contributed by atoms with Gasteiger partial charge >= 0.3 is 11.0 Å². The summed E-state index contributed by atoms with van der Waals surface area (Å²) in [5, 5.41) is 31.7. The molecular weight excluding hydrogens is 505 g/mol. The number of thiazole rings is 1. The van der Waals surface area contributed by atoms with E-state index in [0.29, 0.717) is 34.8 Å². The van der Waals surface area contributed by atoms with Crippen LogP contribution >= 0.6 is 22.9 Å². The highest BCUT2D eigenvalue weighted by Crippen LogP contribution is 2.37. The summed E-state index contributed by atoms with van der Waals surface area (Å²) in [6.45, 7) is 0.678. The molecule has 12 heteroatoms. The Morgan fingerprint density at radius 3 is 2.71 bits per heavy atom. The molecule has 0 saturated carbocycles. The van der Waals surface area contributed by atoms with Crippen LogP contribution in [0.2, 0.25) is 5.02 Å². The van der Waals surface area contributed by atoms with Gasteiger partial charge in [0.1, 0.15) is 0 Å². The molecule has 3 N–H and O–H groups in total. The third-order valence-corrected chi connectivity index (χ3v) is 6.69. The normalized spacial score (nSPS) is 13.6. The van der Waals surface area contributed by atoms with Gasteiger partial charge in [-0.2, -0.15) is 23.4 Å². The smallest absolute Gasteiger partial charge is 0.416 e. The number of hydrogen-bond donors (Lipinski definition) is 3. The number of aliphatic hydroxyl groups excluding tert-OH is 1. The van der Waals surface area contributed by atoms with Crippen LogP contribution in [0.25, 0.3) is 5.57 Å². The zero-order valence-electron chi connectivity index (χ0n) is 18.1. The van der Waals surface area contributed by atoms with Crippen molar-refractivity contribution in [2.45, 2.75) is 19.1 Å². The Kier molecular flexibility index (Phi) is 7.41. The highest BCUT2D eigenvalue weighted by atomic mass is 35.5. The lowest BCUT2D eigenvalue weighted by Gasteiger charge is -2.15. The third-order valence-electron chi connectivity index (χ3n) is 5.43. The van der Waals surface area contributed by atoms with Gasteiger partial charge in [0.05, 0.1) is 28.6 Å². The number of rotatable bonds is 8. The zero-order valence-corrected chi connectivity index (χ0v) is 19.7. The van der Waals surface area contributed by atoms with E-state index in [0.717, 1.165) is 22.0 Å². The van der Waals surface area contributed by atoms with Crippen molar-refractivity contribution in [3.8, 4) is 5.88 Å². The molecule has 0 unspecified atom stereocenters. The fraction of sp³-hybridized carbons (Fsp3) is 0.261. The largest absolute Gasteiger partial charge is 0.493 e. The molecule has 0 radical (unpaired) electrons. The van der Waals surface area contributed by atoms with Gasteiger partial charge in [0.25, 0.3) is 0 Å². The summed E-state index contributed by atoms with van der Waals surface area (Å²) in [7, 11) is 0. The number of aliphatic hydroxyl groups is 1. The van der Waals surface area contributed by atoms with Crippen molar-refractivity contribution in [2.75, 3.05) is 19.7 Å². The van der Waals surface area contributed by atoms with E-state index in [2.05, 4.69) is 15.5 Å². The fourth-order valence-corrected chi connectivity index (χ4v) is 4.90. The maximum absolute atomic E-state index is 13.8. The lowest BCUT2D eigenvalue weighted by Crippen LogP contribution is -2.26. The van der Waals surface area contributed by atoms with Gasteiger partial charge in [0.15, 0.2) is 0 Å². The van der Waals surface area contributed by atoms with Gasteiger partial charge in [0.2, 0.25) is 5.88 Å². The average molecular weight is 525 g/mol. The molecule has 0 saturated heterocycles. The molecule has 1 aliphatic rings. The van der Waals surface area contributed by atoms with E-state index >= 15 is 0 Å². The predicted molar refractivity (Wildman–Crippen MR) is 128 cm³/mol. The minimum Gasteiger partial charge on any atom is -0.493 e. The monoisotopic (exact) mass is 524 g/mol. The molecule has 184 valence electrons. The Labute approximate surface area is 206 Å². The zero-order chi connectivity index (χ0) is 25.2. The van der Waals surface area contributed by atoms with Gasteiger partial charge in [0, 0.05) is 36.6 Å². The molecule has 0 atom stereocenters. The van der Waals surface area contributed by atoms with Crippen molar-refractivity contribution < 1.29 is 23.4 Å². The van der Waals surface area contributed by atoms with E-state index in [9.17, 15) is 23.1 Å². The van der Waals surface area contributed by atoms with Crippen LogP contribution in [0.15, 0.2) is 51.4 Å². The highest BCUT2D eigenvalue weighted by molar-refractivity contribution is 7.10. The maximum atomic E-state index is 13.8. The number of aromatic hydroxyl groups is 1. The van der Waals surface area contributed by atoms with Gasteiger partial charge in [-0.25, -0.2) is 0 Å². The van der Waals surface area contributed by atoms with Crippen LogP contribution in [0.3, 0.4) is 0 Å². The molecule has 7 nitrogen and oxygen atoms in total. The van der Waals surface area contributed by atoms with Crippen LogP contribution in [-0.4, -0.2) is 40.7 Å². The molecular formula is C23H20ClF3N4O3S. The number of alkyl halides is 3. The lowest BCUT2D eigenvalue weighted by atomic mass is 9.96. The highest BCUT2D eigenvalue weighted by Gasteiger charge is 2.34. The van der Waals surface area contributed by atoms with E-state index in [1.807, 2.05) is 0 Å². The number of aromatic nitrogens is 1. The van der Waals surface area contributed by atoms with Crippen molar-refractivity contribution in [1.29, 1.82) is 0 Å². The molecule has 2 aromatic carbocycles. The number of hydrogen-bond acceptors (Lipinski definition) is 7. The molecule has 0 aliphatic carbocycles. The molecule has 35 heavy (non-hydrogen) atoms. The summed E-state index contributed by atoms with van der Waals surface area (Å²) < 4.78 is 42.5. The maximum Gasteiger partial charge on any atom is 0.416 e. The predicted octanol–water partition coefficient (Wildman–Crippen LogP) is 2.28. The van der Waals surface area contributed by atoms with Gasteiger partial charge in [-0.3, -0.25) is 9.36 Å². The van der Waals surface area contributed by atoms with Crippen molar-refractivity contribution in [3.05, 3.63) is 83.2 Å². The first-order chi connectivity index (χ1) is 16.7. The second kappa shape index (κ2) is 10.3. The topological polar surface area (TPSA) is 99.2 Å². The third kappa shape index (κ3) is 5.48. The van der Waals surface area contributed by atoms with Crippen LogP contribution in [0.1, 0.15) is 21.6 Å². The first-order valence-corrected chi connectivity index (χ1v) is 11.7. The Balaban J connectivity index is 1.87. The van der Waals surface area contributed by atoms with Crippen LogP contribution in [-0.2, 0) is 19.1 Å². The number of halogens is 4. The summed E-state index contributed by atoms with van der Waals surface area (Å²) in [6.07, 6.45) is -3.33. The van der Waals surface area contributed by atoms with E-state index in [-0.39, 0.29) is 40.9 Å². The fourth-order valence-electron chi connectivity index (χ4n) is 3.75. The van der Waals surface area contributed by atoms with E-state index in [1.54, 1.807) is 18.2 Å². The van der Waals surface area contributed by atoms with Crippen molar-refractivity contribution in [2.24, 2.45) is 10.2 Å². The number of nitrogens with zero attached hydrogens (tertiary/aromatic N) is 3. The van der Waals surface area contributed by atoms with Gasteiger partial charge in [-0.15, -0.1) is 0 Å². The van der Waals surface area contributed by atoms with E-state index in [1.165, 1.54) is 18.3 Å². The van der Waals surface area contributed by atoms with Crippen LogP contribution in [0.4, 0.5) is 13.2 Å². The Morgan fingerprint density at radius 2 is 1.97 bits per heavy atom. The first-order valence-electron chi connectivity index (χ1n) is 10.5. The van der Waals surface area contributed by atoms with Crippen molar-refractivity contribution in [3.63, 3.8) is 0 Å². The molecule has 1 aromatic heterocycles.